The normalized spacial score (nSPS) is 17.4. The molecule has 0 atom stereocenters. The Labute approximate surface area is 106 Å². The quantitative estimate of drug-likeness (QED) is 0.858. The molecule has 1 aromatic carbocycles. The molecule has 0 unspecified atom stereocenters. The molecule has 0 spiro atoms. The molecule has 0 radical (unpaired) electrons. The number of aliphatic hydroxyl groups excluding tert-OH is 1. The fourth-order valence-corrected chi connectivity index (χ4v) is 2.01. The molecule has 1 heterocycles. The van der Waals surface area contributed by atoms with Crippen LogP contribution < -0.4 is 5.01 Å². The lowest BCUT2D eigenvalue weighted by molar-refractivity contribution is 0.334. The Hall–Kier alpha value is -2.26. The van der Waals surface area contributed by atoms with Gasteiger partial charge in [-0.2, -0.15) is 0 Å². The van der Waals surface area contributed by atoms with Crippen LogP contribution in [0.3, 0.4) is 0 Å². The predicted octanol–water partition coefficient (Wildman–Crippen LogP) is 3.05. The van der Waals surface area contributed by atoms with Gasteiger partial charge in [0.05, 0.1) is 6.61 Å². The summed E-state index contributed by atoms with van der Waals surface area (Å²) in [5, 5.41) is 11.2. The summed E-state index contributed by atoms with van der Waals surface area (Å²) in [6.07, 6.45) is 9.81. The highest BCUT2D eigenvalue weighted by Crippen LogP contribution is 2.35. The summed E-state index contributed by atoms with van der Waals surface area (Å²) in [4.78, 5) is 0. The molecule has 3 nitrogen and oxygen atoms in total. The zero-order valence-corrected chi connectivity index (χ0v) is 9.82. The minimum atomic E-state index is -0.00660. The summed E-state index contributed by atoms with van der Waals surface area (Å²) >= 11 is 0. The van der Waals surface area contributed by atoms with Crippen LogP contribution >= 0.6 is 0 Å². The Morgan fingerprint density at radius 2 is 1.78 bits per heavy atom. The fourth-order valence-electron chi connectivity index (χ4n) is 2.01. The molecule has 0 saturated heterocycles. The molecule has 0 saturated carbocycles. The second-order valence-corrected chi connectivity index (χ2v) is 4.11. The molecule has 1 aromatic rings. The van der Waals surface area contributed by atoms with Crippen molar-refractivity contribution in [2.24, 2.45) is 0 Å². The van der Waals surface area contributed by atoms with E-state index in [0.717, 1.165) is 22.5 Å². The smallest absolute Gasteiger partial charge is 0.0684 e. The van der Waals surface area contributed by atoms with Gasteiger partial charge in [0.1, 0.15) is 0 Å². The van der Waals surface area contributed by atoms with Crippen molar-refractivity contribution in [2.45, 2.75) is 0 Å². The van der Waals surface area contributed by atoms with Gasteiger partial charge in [0.15, 0.2) is 0 Å². The molecule has 2 aliphatic rings. The largest absolute Gasteiger partial charge is 0.590 e. The van der Waals surface area contributed by atoms with Crippen LogP contribution in [0.15, 0.2) is 77.7 Å². The number of nitrogens with zero attached hydrogens (tertiary/aromatic N) is 2. The topological polar surface area (TPSA) is 37.6 Å². The molecule has 3 heteroatoms. The van der Waals surface area contributed by atoms with Crippen LogP contribution in [0, 0.1) is 0 Å². The minimum Gasteiger partial charge on any atom is -0.590 e. The number of hydrogen-bond acceptors (Lipinski definition) is 2. The van der Waals surface area contributed by atoms with Crippen molar-refractivity contribution in [3.05, 3.63) is 83.1 Å². The second kappa shape index (κ2) is 4.55. The number of allylic oxidation sites excluding steroid dienone is 5. The molecular weight excluding hydrogens is 224 g/mol. The first kappa shape index (κ1) is 10.9. The van der Waals surface area contributed by atoms with E-state index in [4.69, 9.17) is 0 Å². The average molecular weight is 237 g/mol. The third kappa shape index (κ3) is 1.85. The van der Waals surface area contributed by atoms with E-state index in [1.807, 2.05) is 60.8 Å². The van der Waals surface area contributed by atoms with Crippen molar-refractivity contribution in [3.63, 3.8) is 0 Å². The van der Waals surface area contributed by atoms with Gasteiger partial charge < -0.3 is 15.5 Å². The summed E-state index contributed by atoms with van der Waals surface area (Å²) < 4.78 is 0. The summed E-state index contributed by atoms with van der Waals surface area (Å²) in [5.74, 6) is 0. The van der Waals surface area contributed by atoms with Crippen molar-refractivity contribution in [1.29, 1.82) is 0 Å². The molecule has 90 valence electrons. The van der Waals surface area contributed by atoms with Crippen LogP contribution in [-0.4, -0.2) is 11.7 Å². The van der Waals surface area contributed by atoms with Crippen molar-refractivity contribution >= 4 is 5.69 Å². The van der Waals surface area contributed by atoms with Crippen LogP contribution in [0.2, 0.25) is 0 Å². The molecule has 1 aliphatic heterocycles. The minimum absolute atomic E-state index is 0.00660. The Bertz CT molecular complexity index is 553. The van der Waals surface area contributed by atoms with E-state index in [0.29, 0.717) is 0 Å². The molecule has 0 aromatic heterocycles. The molecule has 0 fully saturated rings. The van der Waals surface area contributed by atoms with E-state index >= 15 is 0 Å². The highest BCUT2D eigenvalue weighted by molar-refractivity contribution is 5.67. The maximum atomic E-state index is 9.42. The number of anilines is 1. The van der Waals surface area contributed by atoms with Crippen molar-refractivity contribution in [3.8, 4) is 0 Å². The number of hydrogen-bond donors (Lipinski definition) is 1. The van der Waals surface area contributed by atoms with Crippen LogP contribution in [0.25, 0.3) is 5.43 Å². The SMILES string of the molecule is OCC1=CN(c2ccccc2)[N-]C1=C1C=CC=C1. The van der Waals surface area contributed by atoms with Crippen LogP contribution in [0.4, 0.5) is 5.69 Å². The van der Waals surface area contributed by atoms with Crippen molar-refractivity contribution in [2.75, 3.05) is 11.6 Å². The van der Waals surface area contributed by atoms with Crippen LogP contribution in [0.5, 0.6) is 0 Å². The van der Waals surface area contributed by atoms with Gasteiger partial charge in [-0.25, -0.2) is 0 Å². The van der Waals surface area contributed by atoms with E-state index in [1.165, 1.54) is 0 Å². The van der Waals surface area contributed by atoms with Gasteiger partial charge in [-0.1, -0.05) is 42.5 Å². The van der Waals surface area contributed by atoms with Gasteiger partial charge in [-0.15, -0.1) is 5.70 Å². The lowest BCUT2D eigenvalue weighted by Gasteiger charge is -2.33. The molecule has 18 heavy (non-hydrogen) atoms. The molecule has 3 rings (SSSR count). The fraction of sp³-hybridized carbons (Fsp3) is 0.0667. The van der Waals surface area contributed by atoms with Gasteiger partial charge in [-0.05, 0) is 29.5 Å². The lowest BCUT2D eigenvalue weighted by atomic mass is 10.1. The first-order valence-corrected chi connectivity index (χ1v) is 5.85. The molecule has 0 amide bonds. The van der Waals surface area contributed by atoms with E-state index in [-0.39, 0.29) is 6.61 Å². The van der Waals surface area contributed by atoms with Crippen LogP contribution in [0.1, 0.15) is 0 Å². The predicted molar refractivity (Wildman–Crippen MR) is 72.8 cm³/mol. The van der Waals surface area contributed by atoms with Crippen LogP contribution in [-0.2, 0) is 0 Å². The third-order valence-corrected chi connectivity index (χ3v) is 2.92. The zero-order valence-electron chi connectivity index (χ0n) is 9.82. The number of aliphatic hydroxyl groups is 1. The first-order valence-electron chi connectivity index (χ1n) is 5.85. The Morgan fingerprint density at radius 1 is 1.06 bits per heavy atom. The first-order chi connectivity index (χ1) is 8.88. The number of rotatable bonds is 2. The zero-order chi connectivity index (χ0) is 12.4. The summed E-state index contributed by atoms with van der Waals surface area (Å²) in [6.45, 7) is -0.00660. The van der Waals surface area contributed by atoms with Gasteiger partial charge in [-0.3, -0.25) is 0 Å². The van der Waals surface area contributed by atoms with Gasteiger partial charge in [0.25, 0.3) is 0 Å². The Morgan fingerprint density at radius 3 is 2.44 bits per heavy atom. The summed E-state index contributed by atoms with van der Waals surface area (Å²) in [7, 11) is 0. The van der Waals surface area contributed by atoms with Gasteiger partial charge >= 0.3 is 0 Å². The van der Waals surface area contributed by atoms with Gasteiger partial charge in [0.2, 0.25) is 0 Å². The second-order valence-electron chi connectivity index (χ2n) is 4.11. The molecule has 1 N–H and O–H groups in total. The summed E-state index contributed by atoms with van der Waals surface area (Å²) in [6, 6.07) is 9.89. The highest BCUT2D eigenvalue weighted by Gasteiger charge is 2.10. The maximum absolute atomic E-state index is 9.42. The number of para-hydroxylation sites is 1. The average Bonchev–Trinajstić information content (AvgIpc) is 3.08. The third-order valence-electron chi connectivity index (χ3n) is 2.92. The van der Waals surface area contributed by atoms with Gasteiger partial charge in [0, 0.05) is 5.69 Å². The summed E-state index contributed by atoms with van der Waals surface area (Å²) in [5.41, 5.74) is 8.25. The Balaban J connectivity index is 1.95. The number of benzene rings is 1. The lowest BCUT2D eigenvalue weighted by Crippen LogP contribution is -2.04. The molecule has 0 bridgehead atoms. The van der Waals surface area contributed by atoms with E-state index < -0.39 is 0 Å². The van der Waals surface area contributed by atoms with E-state index in [1.54, 1.807) is 5.01 Å². The van der Waals surface area contributed by atoms with E-state index in [2.05, 4.69) is 5.43 Å². The van der Waals surface area contributed by atoms with E-state index in [9.17, 15) is 5.11 Å². The molecular formula is C15H13N2O-. The van der Waals surface area contributed by atoms with Crippen molar-refractivity contribution < 1.29 is 5.11 Å². The molecule has 1 aliphatic carbocycles. The highest BCUT2D eigenvalue weighted by atomic mass is 16.3. The van der Waals surface area contributed by atoms with Crippen molar-refractivity contribution in [1.82, 2.24) is 0 Å². The maximum Gasteiger partial charge on any atom is 0.0684 e. The Kier molecular flexibility index (Phi) is 2.74. The monoisotopic (exact) mass is 237 g/mol. The standard InChI is InChI=1S/C15H13N2O/c18-11-13-10-17(14-8-2-1-3-9-14)16-15(13)12-6-4-5-7-12/h1-10,18H,11H2/q-1.